The highest BCUT2D eigenvalue weighted by Crippen LogP contribution is 2.10. The van der Waals surface area contributed by atoms with Gasteiger partial charge in [0.15, 0.2) is 0 Å². The lowest BCUT2D eigenvalue weighted by atomic mass is 9.99. The average Bonchev–Trinajstić information content (AvgIpc) is 2.03. The number of hydrogen-bond donors (Lipinski definition) is 2. The molecule has 0 aliphatic carbocycles. The molecule has 0 atom stereocenters. The van der Waals surface area contributed by atoms with Gasteiger partial charge in [-0.15, -0.1) is 0 Å². The predicted octanol–water partition coefficient (Wildman–Crippen LogP) is 1.68. The van der Waals surface area contributed by atoms with Gasteiger partial charge in [0, 0.05) is 12.0 Å². The van der Waals surface area contributed by atoms with Crippen LogP contribution in [0, 0.1) is 0 Å². The van der Waals surface area contributed by atoms with E-state index in [1.807, 2.05) is 7.05 Å². The Morgan fingerprint density at radius 3 is 2.50 bits per heavy atom. The van der Waals surface area contributed by atoms with Gasteiger partial charge >= 0.3 is 0 Å². The van der Waals surface area contributed by atoms with Crippen molar-refractivity contribution in [2.75, 3.05) is 13.6 Å². The molecule has 3 nitrogen and oxygen atoms in total. The second-order valence-corrected chi connectivity index (χ2v) is 4.39. The SMILES string of the molecule is CCCC(C)(C)NC(=O)CCCNC. The summed E-state index contributed by atoms with van der Waals surface area (Å²) in [6, 6.07) is 0. The minimum Gasteiger partial charge on any atom is -0.351 e. The van der Waals surface area contributed by atoms with Gasteiger partial charge in [0.2, 0.25) is 5.91 Å². The minimum atomic E-state index is -0.0501. The van der Waals surface area contributed by atoms with E-state index in [0.717, 1.165) is 25.8 Å². The van der Waals surface area contributed by atoms with Crippen LogP contribution in [-0.4, -0.2) is 25.0 Å². The van der Waals surface area contributed by atoms with Crippen molar-refractivity contribution in [3.8, 4) is 0 Å². The molecular weight excluding hydrogens is 176 g/mol. The Kier molecular flexibility index (Phi) is 6.54. The number of rotatable bonds is 7. The largest absolute Gasteiger partial charge is 0.351 e. The second-order valence-electron chi connectivity index (χ2n) is 4.39. The van der Waals surface area contributed by atoms with Crippen molar-refractivity contribution in [3.05, 3.63) is 0 Å². The van der Waals surface area contributed by atoms with Gasteiger partial charge in [-0.2, -0.15) is 0 Å². The molecule has 0 unspecified atom stereocenters. The molecule has 0 aromatic carbocycles. The smallest absolute Gasteiger partial charge is 0.220 e. The maximum atomic E-state index is 11.5. The van der Waals surface area contributed by atoms with E-state index in [1.165, 1.54) is 0 Å². The van der Waals surface area contributed by atoms with Crippen LogP contribution in [0.2, 0.25) is 0 Å². The molecule has 14 heavy (non-hydrogen) atoms. The molecule has 0 rings (SSSR count). The van der Waals surface area contributed by atoms with Gasteiger partial charge in [0.1, 0.15) is 0 Å². The molecule has 0 aromatic rings. The molecule has 2 N–H and O–H groups in total. The van der Waals surface area contributed by atoms with Crippen LogP contribution in [0.3, 0.4) is 0 Å². The molecule has 0 spiro atoms. The first-order chi connectivity index (χ1) is 6.52. The van der Waals surface area contributed by atoms with Crippen molar-refractivity contribution in [2.45, 2.75) is 52.0 Å². The first-order valence-corrected chi connectivity index (χ1v) is 5.47. The molecule has 0 saturated heterocycles. The average molecular weight is 200 g/mol. The molecule has 0 bridgehead atoms. The number of nitrogens with one attached hydrogen (secondary N) is 2. The van der Waals surface area contributed by atoms with Gasteiger partial charge in [-0.25, -0.2) is 0 Å². The van der Waals surface area contributed by atoms with Crippen molar-refractivity contribution < 1.29 is 4.79 Å². The molecule has 0 heterocycles. The molecule has 0 fully saturated rings. The van der Waals surface area contributed by atoms with Crippen molar-refractivity contribution in [3.63, 3.8) is 0 Å². The van der Waals surface area contributed by atoms with E-state index in [4.69, 9.17) is 0 Å². The van der Waals surface area contributed by atoms with E-state index < -0.39 is 0 Å². The van der Waals surface area contributed by atoms with Gasteiger partial charge < -0.3 is 10.6 Å². The monoisotopic (exact) mass is 200 g/mol. The second kappa shape index (κ2) is 6.82. The third kappa shape index (κ3) is 6.89. The molecule has 0 radical (unpaired) electrons. The molecule has 3 heteroatoms. The van der Waals surface area contributed by atoms with E-state index in [-0.39, 0.29) is 11.4 Å². The summed E-state index contributed by atoms with van der Waals surface area (Å²) in [6.45, 7) is 7.19. The van der Waals surface area contributed by atoms with Crippen LogP contribution < -0.4 is 10.6 Å². The molecular formula is C11H24N2O. The third-order valence-electron chi connectivity index (χ3n) is 2.18. The summed E-state index contributed by atoms with van der Waals surface area (Å²) in [5.41, 5.74) is -0.0501. The quantitative estimate of drug-likeness (QED) is 0.614. The standard InChI is InChI=1S/C11H24N2O/c1-5-8-11(2,3)13-10(14)7-6-9-12-4/h12H,5-9H2,1-4H3,(H,13,14). The predicted molar refractivity (Wildman–Crippen MR) is 60.3 cm³/mol. The summed E-state index contributed by atoms with van der Waals surface area (Å²) in [7, 11) is 1.90. The summed E-state index contributed by atoms with van der Waals surface area (Å²) in [6.07, 6.45) is 3.66. The third-order valence-corrected chi connectivity index (χ3v) is 2.18. The van der Waals surface area contributed by atoms with Gasteiger partial charge in [-0.3, -0.25) is 4.79 Å². The summed E-state index contributed by atoms with van der Waals surface area (Å²) in [4.78, 5) is 11.5. The molecule has 0 aliphatic heterocycles. The Balaban J connectivity index is 3.69. The summed E-state index contributed by atoms with van der Waals surface area (Å²) in [5, 5.41) is 6.08. The molecule has 1 amide bonds. The normalized spacial score (nSPS) is 11.4. The first kappa shape index (κ1) is 13.4. The fourth-order valence-corrected chi connectivity index (χ4v) is 1.55. The van der Waals surface area contributed by atoms with E-state index >= 15 is 0 Å². The zero-order valence-electron chi connectivity index (χ0n) is 9.94. The Labute approximate surface area is 87.6 Å². The van der Waals surface area contributed by atoms with Crippen molar-refractivity contribution >= 4 is 5.91 Å². The highest BCUT2D eigenvalue weighted by molar-refractivity contribution is 5.76. The molecule has 0 aliphatic rings. The van der Waals surface area contributed by atoms with Gasteiger partial charge in [-0.1, -0.05) is 13.3 Å². The summed E-state index contributed by atoms with van der Waals surface area (Å²) in [5.74, 6) is 0.165. The fourth-order valence-electron chi connectivity index (χ4n) is 1.55. The van der Waals surface area contributed by atoms with Crippen LogP contribution in [0.1, 0.15) is 46.5 Å². The first-order valence-electron chi connectivity index (χ1n) is 5.47. The maximum absolute atomic E-state index is 11.5. The maximum Gasteiger partial charge on any atom is 0.220 e. The fraction of sp³-hybridized carbons (Fsp3) is 0.909. The van der Waals surface area contributed by atoms with Gasteiger partial charge in [-0.05, 0) is 40.3 Å². The number of carbonyl (C=O) groups is 1. The molecule has 0 saturated carbocycles. The lowest BCUT2D eigenvalue weighted by molar-refractivity contribution is -0.122. The topological polar surface area (TPSA) is 41.1 Å². The molecule has 0 aromatic heterocycles. The van der Waals surface area contributed by atoms with Crippen LogP contribution in [0.4, 0.5) is 0 Å². The minimum absolute atomic E-state index is 0.0501. The zero-order valence-corrected chi connectivity index (χ0v) is 9.94. The van der Waals surface area contributed by atoms with E-state index in [9.17, 15) is 4.79 Å². The van der Waals surface area contributed by atoms with E-state index in [0.29, 0.717) is 6.42 Å². The van der Waals surface area contributed by atoms with E-state index in [1.54, 1.807) is 0 Å². The van der Waals surface area contributed by atoms with Gasteiger partial charge in [0.05, 0.1) is 0 Å². The Morgan fingerprint density at radius 1 is 1.36 bits per heavy atom. The Bertz CT molecular complexity index is 167. The lowest BCUT2D eigenvalue weighted by Gasteiger charge is -2.25. The summed E-state index contributed by atoms with van der Waals surface area (Å²) >= 11 is 0. The number of hydrogen-bond acceptors (Lipinski definition) is 2. The lowest BCUT2D eigenvalue weighted by Crippen LogP contribution is -2.43. The highest BCUT2D eigenvalue weighted by Gasteiger charge is 2.18. The van der Waals surface area contributed by atoms with Crippen LogP contribution in [0.15, 0.2) is 0 Å². The Morgan fingerprint density at radius 2 is 2.00 bits per heavy atom. The Hall–Kier alpha value is -0.570. The van der Waals surface area contributed by atoms with Crippen molar-refractivity contribution in [2.24, 2.45) is 0 Å². The van der Waals surface area contributed by atoms with Crippen molar-refractivity contribution in [1.29, 1.82) is 0 Å². The van der Waals surface area contributed by atoms with Crippen LogP contribution in [0.5, 0.6) is 0 Å². The van der Waals surface area contributed by atoms with Crippen molar-refractivity contribution in [1.82, 2.24) is 10.6 Å². The van der Waals surface area contributed by atoms with Gasteiger partial charge in [0.25, 0.3) is 0 Å². The number of carbonyl (C=O) groups excluding carboxylic acids is 1. The highest BCUT2D eigenvalue weighted by atomic mass is 16.1. The van der Waals surface area contributed by atoms with Crippen LogP contribution >= 0.6 is 0 Å². The van der Waals surface area contributed by atoms with Crippen LogP contribution in [-0.2, 0) is 4.79 Å². The number of amides is 1. The van der Waals surface area contributed by atoms with Crippen LogP contribution in [0.25, 0.3) is 0 Å². The summed E-state index contributed by atoms with van der Waals surface area (Å²) < 4.78 is 0. The molecule has 84 valence electrons. The zero-order chi connectivity index (χ0) is 11.0. The van der Waals surface area contributed by atoms with E-state index in [2.05, 4.69) is 31.4 Å².